The lowest BCUT2D eigenvalue weighted by atomic mass is 9.96. The third-order valence-electron chi connectivity index (χ3n) is 5.41. The molecule has 2 atom stereocenters. The number of hydrogen-bond acceptors (Lipinski definition) is 4. The van der Waals surface area contributed by atoms with Gasteiger partial charge in [0.2, 0.25) is 5.91 Å². The first kappa shape index (κ1) is 16.7. The molecule has 2 fully saturated rings. The highest BCUT2D eigenvalue weighted by Crippen LogP contribution is 2.31. The van der Waals surface area contributed by atoms with Crippen LogP contribution in [0.3, 0.4) is 0 Å². The van der Waals surface area contributed by atoms with Crippen LogP contribution in [0.4, 0.5) is 9.18 Å². The van der Waals surface area contributed by atoms with Gasteiger partial charge in [0, 0.05) is 37.3 Å². The van der Waals surface area contributed by atoms with E-state index in [4.69, 9.17) is 5.11 Å². The lowest BCUT2D eigenvalue weighted by Gasteiger charge is -2.35. The third kappa shape index (κ3) is 2.87. The molecule has 4 rings (SSSR count). The van der Waals surface area contributed by atoms with E-state index in [2.05, 4.69) is 10.1 Å². The summed E-state index contributed by atoms with van der Waals surface area (Å²) in [6.45, 7) is 1.20. The predicted octanol–water partition coefficient (Wildman–Crippen LogP) is 1.40. The van der Waals surface area contributed by atoms with Crippen LogP contribution < -0.4 is 0 Å². The maximum absolute atomic E-state index is 14.1. The average Bonchev–Trinajstić information content (AvgIpc) is 3.21. The Bertz CT molecular complexity index is 854. The van der Waals surface area contributed by atoms with Crippen LogP contribution in [-0.2, 0) is 11.2 Å². The van der Waals surface area contributed by atoms with Crippen molar-refractivity contribution >= 4 is 17.6 Å². The molecule has 2 aliphatic rings. The first-order valence-electron chi connectivity index (χ1n) is 8.79. The molecule has 2 saturated heterocycles. The van der Waals surface area contributed by atoms with E-state index in [0.29, 0.717) is 56.5 Å². The molecular weight excluding hydrogens is 341 g/mol. The number of carboxylic acid groups (broad SMARTS) is 1. The maximum atomic E-state index is 14.1. The molecule has 0 saturated carbocycles. The molecule has 0 aromatic carbocycles. The van der Waals surface area contributed by atoms with E-state index < -0.39 is 6.09 Å². The normalized spacial score (nSPS) is 22.9. The SMILES string of the molecule is O=C(O)N1CCN2C(=O)[C@@H](CCCc3c(F)ccn4ncnc34)C[C@H]2C1. The Labute approximate surface area is 149 Å². The topological polar surface area (TPSA) is 91.0 Å². The number of nitrogens with zero attached hydrogens (tertiary/aromatic N) is 5. The second-order valence-corrected chi connectivity index (χ2v) is 6.91. The highest BCUT2D eigenvalue weighted by Gasteiger charge is 2.42. The summed E-state index contributed by atoms with van der Waals surface area (Å²) >= 11 is 0. The molecule has 8 nitrogen and oxygen atoms in total. The molecule has 2 amide bonds. The van der Waals surface area contributed by atoms with Crippen LogP contribution in [0.5, 0.6) is 0 Å². The van der Waals surface area contributed by atoms with Crippen molar-refractivity contribution in [2.75, 3.05) is 19.6 Å². The fraction of sp³-hybridized carbons (Fsp3) is 0.529. The number of piperazine rings is 1. The summed E-state index contributed by atoms with van der Waals surface area (Å²) < 4.78 is 15.7. The van der Waals surface area contributed by atoms with Gasteiger partial charge in [-0.3, -0.25) is 4.79 Å². The zero-order valence-corrected chi connectivity index (χ0v) is 14.2. The number of pyridine rings is 1. The van der Waals surface area contributed by atoms with Crippen molar-refractivity contribution in [2.45, 2.75) is 31.7 Å². The van der Waals surface area contributed by atoms with Crippen LogP contribution in [0.1, 0.15) is 24.8 Å². The third-order valence-corrected chi connectivity index (χ3v) is 5.41. The summed E-state index contributed by atoms with van der Waals surface area (Å²) in [4.78, 5) is 31.0. The van der Waals surface area contributed by atoms with Gasteiger partial charge in [-0.05, 0) is 31.7 Å². The van der Waals surface area contributed by atoms with Crippen molar-refractivity contribution in [1.29, 1.82) is 0 Å². The highest BCUT2D eigenvalue weighted by atomic mass is 19.1. The molecule has 0 radical (unpaired) electrons. The smallest absolute Gasteiger partial charge is 0.407 e. The zero-order chi connectivity index (χ0) is 18.3. The lowest BCUT2D eigenvalue weighted by molar-refractivity contribution is -0.133. The van der Waals surface area contributed by atoms with E-state index in [-0.39, 0.29) is 23.7 Å². The molecule has 2 aromatic heterocycles. The second kappa shape index (κ2) is 6.54. The second-order valence-electron chi connectivity index (χ2n) is 6.91. The Morgan fingerprint density at radius 3 is 3.04 bits per heavy atom. The highest BCUT2D eigenvalue weighted by molar-refractivity contribution is 5.82. The minimum absolute atomic E-state index is 0.0333. The molecule has 26 heavy (non-hydrogen) atoms. The van der Waals surface area contributed by atoms with E-state index in [1.807, 2.05) is 4.90 Å². The quantitative estimate of drug-likeness (QED) is 0.889. The Kier molecular flexibility index (Phi) is 4.21. The summed E-state index contributed by atoms with van der Waals surface area (Å²) in [5, 5.41) is 13.1. The van der Waals surface area contributed by atoms with Crippen LogP contribution in [0.2, 0.25) is 0 Å². The molecule has 2 aliphatic heterocycles. The van der Waals surface area contributed by atoms with E-state index in [9.17, 15) is 14.0 Å². The summed E-state index contributed by atoms with van der Waals surface area (Å²) in [5.41, 5.74) is 1.03. The molecular formula is C17H20FN5O3. The molecule has 0 aliphatic carbocycles. The lowest BCUT2D eigenvalue weighted by Crippen LogP contribution is -2.52. The van der Waals surface area contributed by atoms with Crippen LogP contribution in [0.25, 0.3) is 5.65 Å². The number of halogens is 1. The summed E-state index contributed by atoms with van der Waals surface area (Å²) in [6, 6.07) is 1.34. The van der Waals surface area contributed by atoms with Gasteiger partial charge in [-0.1, -0.05) is 0 Å². The fourth-order valence-corrected chi connectivity index (χ4v) is 4.10. The van der Waals surface area contributed by atoms with Gasteiger partial charge in [-0.25, -0.2) is 18.7 Å². The van der Waals surface area contributed by atoms with Gasteiger partial charge in [0.15, 0.2) is 5.65 Å². The van der Waals surface area contributed by atoms with Gasteiger partial charge >= 0.3 is 6.09 Å². The minimum atomic E-state index is -0.933. The predicted molar refractivity (Wildman–Crippen MR) is 89.1 cm³/mol. The van der Waals surface area contributed by atoms with Crippen molar-refractivity contribution < 1.29 is 19.1 Å². The van der Waals surface area contributed by atoms with Gasteiger partial charge in [-0.15, -0.1) is 0 Å². The Balaban J connectivity index is 1.38. The van der Waals surface area contributed by atoms with Crippen LogP contribution >= 0.6 is 0 Å². The molecule has 9 heteroatoms. The van der Waals surface area contributed by atoms with Crippen LogP contribution in [-0.4, -0.2) is 67.2 Å². The van der Waals surface area contributed by atoms with Gasteiger partial charge in [0.25, 0.3) is 0 Å². The number of carbonyl (C=O) groups is 2. The molecule has 0 bridgehead atoms. The van der Waals surface area contributed by atoms with Crippen LogP contribution in [0, 0.1) is 11.7 Å². The molecule has 1 N–H and O–H groups in total. The van der Waals surface area contributed by atoms with Crippen molar-refractivity contribution in [3.63, 3.8) is 0 Å². The van der Waals surface area contributed by atoms with Crippen molar-refractivity contribution in [3.8, 4) is 0 Å². The maximum Gasteiger partial charge on any atom is 0.407 e. The van der Waals surface area contributed by atoms with Crippen molar-refractivity contribution in [3.05, 3.63) is 30.0 Å². The Morgan fingerprint density at radius 1 is 1.38 bits per heavy atom. The Hall–Kier alpha value is -2.71. The molecule has 2 aromatic rings. The Morgan fingerprint density at radius 2 is 2.23 bits per heavy atom. The zero-order valence-electron chi connectivity index (χ0n) is 14.2. The van der Waals surface area contributed by atoms with Crippen LogP contribution in [0.15, 0.2) is 18.6 Å². The number of fused-ring (bicyclic) bond motifs is 2. The standard InChI is InChI=1S/C17H20FN5O3/c18-14-4-5-23-15(19-10-20-23)13(14)3-1-2-11-8-12-9-21(17(25)26)6-7-22(12)16(11)24/h4-5,10-12H,1-3,6-9H2,(H,25,26)/t11-,12-/m0/s1. The summed E-state index contributed by atoms with van der Waals surface area (Å²) in [7, 11) is 0. The van der Waals surface area contributed by atoms with Gasteiger partial charge < -0.3 is 14.9 Å². The number of aryl methyl sites for hydroxylation is 1. The van der Waals surface area contributed by atoms with Gasteiger partial charge in [0.1, 0.15) is 12.1 Å². The number of hydrogen-bond donors (Lipinski definition) is 1. The summed E-state index contributed by atoms with van der Waals surface area (Å²) in [5.74, 6) is -0.326. The van der Waals surface area contributed by atoms with E-state index in [1.54, 1.807) is 4.52 Å². The minimum Gasteiger partial charge on any atom is -0.465 e. The largest absolute Gasteiger partial charge is 0.465 e. The molecule has 0 spiro atoms. The fourth-order valence-electron chi connectivity index (χ4n) is 4.10. The number of carbonyl (C=O) groups excluding carboxylic acids is 1. The van der Waals surface area contributed by atoms with E-state index in [0.717, 1.165) is 0 Å². The van der Waals surface area contributed by atoms with E-state index >= 15 is 0 Å². The van der Waals surface area contributed by atoms with Crippen molar-refractivity contribution in [2.24, 2.45) is 5.92 Å². The van der Waals surface area contributed by atoms with Gasteiger partial charge in [-0.2, -0.15) is 5.10 Å². The first-order chi connectivity index (χ1) is 12.5. The summed E-state index contributed by atoms with van der Waals surface area (Å²) in [6.07, 6.45) is 4.48. The molecule has 4 heterocycles. The van der Waals surface area contributed by atoms with E-state index in [1.165, 1.54) is 23.5 Å². The van der Waals surface area contributed by atoms with Gasteiger partial charge in [0.05, 0.1) is 6.04 Å². The number of amides is 2. The molecule has 138 valence electrons. The molecule has 0 unspecified atom stereocenters. The number of rotatable bonds is 4. The number of aromatic nitrogens is 3. The average molecular weight is 361 g/mol. The monoisotopic (exact) mass is 361 g/mol. The first-order valence-corrected chi connectivity index (χ1v) is 8.79. The van der Waals surface area contributed by atoms with Crippen molar-refractivity contribution in [1.82, 2.24) is 24.4 Å².